The summed E-state index contributed by atoms with van der Waals surface area (Å²) in [5.41, 5.74) is 4.07. The summed E-state index contributed by atoms with van der Waals surface area (Å²) in [6, 6.07) is 16.7. The van der Waals surface area contributed by atoms with Crippen molar-refractivity contribution in [1.29, 1.82) is 0 Å². The van der Waals surface area contributed by atoms with E-state index in [0.717, 1.165) is 5.56 Å². The molecule has 0 atom stereocenters. The molecule has 0 fully saturated rings. The number of ether oxygens (including phenoxy) is 2. The molecule has 0 spiro atoms. The van der Waals surface area contributed by atoms with Crippen LogP contribution in [-0.4, -0.2) is 29.7 Å². The molecule has 0 bridgehead atoms. The lowest BCUT2D eigenvalue weighted by Gasteiger charge is -2.06. The molecule has 1 aromatic heterocycles. The number of rotatable bonds is 7. The molecule has 1 amide bonds. The van der Waals surface area contributed by atoms with E-state index in [4.69, 9.17) is 9.47 Å². The van der Waals surface area contributed by atoms with Crippen LogP contribution in [0, 0.1) is 0 Å². The highest BCUT2D eigenvalue weighted by Gasteiger charge is 2.09. The molecule has 7 heteroatoms. The van der Waals surface area contributed by atoms with Gasteiger partial charge in [-0.05, 0) is 73.2 Å². The van der Waals surface area contributed by atoms with Gasteiger partial charge in [-0.3, -0.25) is 9.78 Å². The molecule has 3 aromatic rings. The second-order valence-electron chi connectivity index (χ2n) is 5.85. The van der Waals surface area contributed by atoms with E-state index in [2.05, 4.69) is 15.5 Å². The number of amides is 1. The lowest BCUT2D eigenvalue weighted by Crippen LogP contribution is -2.17. The van der Waals surface area contributed by atoms with Crippen LogP contribution in [0.25, 0.3) is 0 Å². The molecule has 0 radical (unpaired) electrons. The third-order valence-electron chi connectivity index (χ3n) is 3.81. The molecule has 146 valence electrons. The lowest BCUT2D eigenvalue weighted by atomic mass is 10.2. The van der Waals surface area contributed by atoms with Gasteiger partial charge in [0.15, 0.2) is 0 Å². The molecule has 0 aliphatic carbocycles. The van der Waals surface area contributed by atoms with E-state index in [1.807, 2.05) is 6.92 Å². The predicted molar refractivity (Wildman–Crippen MR) is 108 cm³/mol. The van der Waals surface area contributed by atoms with Crippen molar-refractivity contribution in [3.05, 3.63) is 89.7 Å². The van der Waals surface area contributed by atoms with Crippen LogP contribution < -0.4 is 14.9 Å². The maximum absolute atomic E-state index is 12.2. The molecule has 3 rings (SSSR count). The summed E-state index contributed by atoms with van der Waals surface area (Å²) in [6.07, 6.45) is 4.56. The summed E-state index contributed by atoms with van der Waals surface area (Å²) in [5.74, 6) is 0.314. The number of aromatic nitrogens is 1. The van der Waals surface area contributed by atoms with Gasteiger partial charge in [0.25, 0.3) is 5.91 Å². The standard InChI is InChI=1S/C22H19N3O4/c1-2-28-19-9-5-18(6-10-19)22(27)29-20-7-3-16(4-8-20)15-24-25-21(26)17-11-13-23-14-12-17/h3-15H,2H2,1H3,(H,25,26). The number of pyridine rings is 1. The van der Waals surface area contributed by atoms with E-state index in [1.54, 1.807) is 60.7 Å². The monoisotopic (exact) mass is 389 g/mol. The average molecular weight is 389 g/mol. The maximum atomic E-state index is 12.2. The molecule has 1 N–H and O–H groups in total. The van der Waals surface area contributed by atoms with E-state index in [0.29, 0.717) is 29.2 Å². The van der Waals surface area contributed by atoms with E-state index in [9.17, 15) is 9.59 Å². The molecule has 0 aliphatic rings. The van der Waals surface area contributed by atoms with Crippen molar-refractivity contribution in [2.75, 3.05) is 6.61 Å². The van der Waals surface area contributed by atoms with Gasteiger partial charge in [-0.25, -0.2) is 10.2 Å². The maximum Gasteiger partial charge on any atom is 0.343 e. The second kappa shape index (κ2) is 9.80. The van der Waals surface area contributed by atoms with E-state index in [-0.39, 0.29) is 5.91 Å². The molecular weight excluding hydrogens is 370 g/mol. The third kappa shape index (κ3) is 5.74. The first kappa shape index (κ1) is 19.8. The number of carbonyl (C=O) groups excluding carboxylic acids is 2. The smallest absolute Gasteiger partial charge is 0.343 e. The van der Waals surface area contributed by atoms with Crippen LogP contribution in [0.2, 0.25) is 0 Å². The Bertz CT molecular complexity index is 985. The van der Waals surface area contributed by atoms with Crippen LogP contribution in [0.5, 0.6) is 11.5 Å². The number of nitrogens with zero attached hydrogens (tertiary/aromatic N) is 2. The summed E-state index contributed by atoms with van der Waals surface area (Å²) in [5, 5.41) is 3.91. The summed E-state index contributed by atoms with van der Waals surface area (Å²) in [7, 11) is 0. The first-order chi connectivity index (χ1) is 14.2. The van der Waals surface area contributed by atoms with Gasteiger partial charge in [-0.1, -0.05) is 0 Å². The summed E-state index contributed by atoms with van der Waals surface area (Å²) in [4.78, 5) is 27.9. The molecule has 2 aromatic carbocycles. The lowest BCUT2D eigenvalue weighted by molar-refractivity contribution is 0.0734. The van der Waals surface area contributed by atoms with Crippen LogP contribution in [0.15, 0.2) is 78.2 Å². The first-order valence-corrected chi connectivity index (χ1v) is 8.94. The number of esters is 1. The van der Waals surface area contributed by atoms with Crippen molar-refractivity contribution in [3.63, 3.8) is 0 Å². The largest absolute Gasteiger partial charge is 0.494 e. The number of hydrazone groups is 1. The number of hydrogen-bond acceptors (Lipinski definition) is 6. The van der Waals surface area contributed by atoms with Crippen LogP contribution in [0.1, 0.15) is 33.2 Å². The topological polar surface area (TPSA) is 89.9 Å². The van der Waals surface area contributed by atoms with Crippen molar-refractivity contribution >= 4 is 18.1 Å². The zero-order valence-electron chi connectivity index (χ0n) is 15.7. The fourth-order valence-corrected chi connectivity index (χ4v) is 2.38. The fraction of sp³-hybridized carbons (Fsp3) is 0.0909. The van der Waals surface area contributed by atoms with Crippen molar-refractivity contribution in [2.45, 2.75) is 6.92 Å². The Labute approximate surface area is 168 Å². The molecule has 0 unspecified atom stereocenters. The highest BCUT2D eigenvalue weighted by atomic mass is 16.5. The number of nitrogens with one attached hydrogen (secondary N) is 1. The molecule has 0 saturated heterocycles. The zero-order chi connectivity index (χ0) is 20.5. The minimum atomic E-state index is -0.459. The number of carbonyl (C=O) groups is 2. The molecule has 7 nitrogen and oxygen atoms in total. The fourth-order valence-electron chi connectivity index (χ4n) is 2.38. The summed E-state index contributed by atoms with van der Waals surface area (Å²) < 4.78 is 10.7. The van der Waals surface area contributed by atoms with Crippen molar-refractivity contribution < 1.29 is 19.1 Å². The average Bonchev–Trinajstić information content (AvgIpc) is 2.76. The van der Waals surface area contributed by atoms with Crippen LogP contribution in [-0.2, 0) is 0 Å². The second-order valence-corrected chi connectivity index (χ2v) is 5.85. The number of hydrogen-bond donors (Lipinski definition) is 1. The molecule has 1 heterocycles. The molecule has 0 aliphatic heterocycles. The molecule has 0 saturated carbocycles. The van der Waals surface area contributed by atoms with Crippen molar-refractivity contribution in [3.8, 4) is 11.5 Å². The highest BCUT2D eigenvalue weighted by Crippen LogP contribution is 2.16. The Morgan fingerprint density at radius 3 is 2.24 bits per heavy atom. The Balaban J connectivity index is 1.54. The predicted octanol–water partition coefficient (Wildman–Crippen LogP) is 3.46. The Morgan fingerprint density at radius 2 is 1.59 bits per heavy atom. The zero-order valence-corrected chi connectivity index (χ0v) is 15.7. The SMILES string of the molecule is CCOc1ccc(C(=O)Oc2ccc(C=NNC(=O)c3ccncc3)cc2)cc1. The highest BCUT2D eigenvalue weighted by molar-refractivity contribution is 5.94. The Morgan fingerprint density at radius 1 is 0.931 bits per heavy atom. The van der Waals surface area contributed by atoms with Crippen LogP contribution in [0.4, 0.5) is 0 Å². The minimum absolute atomic E-state index is 0.329. The van der Waals surface area contributed by atoms with Gasteiger partial charge in [0, 0.05) is 18.0 Å². The quantitative estimate of drug-likeness (QED) is 0.289. The normalized spacial score (nSPS) is 10.5. The van der Waals surface area contributed by atoms with Gasteiger partial charge in [-0.2, -0.15) is 5.10 Å². The van der Waals surface area contributed by atoms with Crippen LogP contribution >= 0.6 is 0 Å². The van der Waals surface area contributed by atoms with Crippen molar-refractivity contribution in [2.24, 2.45) is 5.10 Å². The van der Waals surface area contributed by atoms with Gasteiger partial charge in [0.05, 0.1) is 18.4 Å². The summed E-state index contributed by atoms with van der Waals surface area (Å²) >= 11 is 0. The summed E-state index contributed by atoms with van der Waals surface area (Å²) in [6.45, 7) is 2.46. The van der Waals surface area contributed by atoms with Gasteiger partial charge >= 0.3 is 5.97 Å². The third-order valence-corrected chi connectivity index (χ3v) is 3.81. The minimum Gasteiger partial charge on any atom is -0.494 e. The van der Waals surface area contributed by atoms with Gasteiger partial charge in [-0.15, -0.1) is 0 Å². The van der Waals surface area contributed by atoms with E-state index < -0.39 is 5.97 Å². The van der Waals surface area contributed by atoms with Gasteiger partial charge < -0.3 is 9.47 Å². The molecular formula is C22H19N3O4. The van der Waals surface area contributed by atoms with E-state index >= 15 is 0 Å². The van der Waals surface area contributed by atoms with Gasteiger partial charge in [0.2, 0.25) is 0 Å². The Kier molecular flexibility index (Phi) is 6.67. The van der Waals surface area contributed by atoms with Crippen molar-refractivity contribution in [1.82, 2.24) is 10.4 Å². The Hall–Kier alpha value is -4.00. The first-order valence-electron chi connectivity index (χ1n) is 8.94. The van der Waals surface area contributed by atoms with E-state index in [1.165, 1.54) is 18.6 Å². The van der Waals surface area contributed by atoms with Crippen LogP contribution in [0.3, 0.4) is 0 Å². The molecule has 29 heavy (non-hydrogen) atoms. The van der Waals surface area contributed by atoms with Gasteiger partial charge in [0.1, 0.15) is 11.5 Å². The number of benzene rings is 2.